The maximum absolute atomic E-state index is 12.5. The molecule has 0 fully saturated rings. The molecule has 0 aliphatic heterocycles. The summed E-state index contributed by atoms with van der Waals surface area (Å²) >= 11 is 0. The lowest BCUT2D eigenvalue weighted by molar-refractivity contribution is -0.155. The highest BCUT2D eigenvalue weighted by molar-refractivity contribution is 6.06. The molecule has 146 valence electrons. The van der Waals surface area contributed by atoms with Gasteiger partial charge in [-0.2, -0.15) is 0 Å². The summed E-state index contributed by atoms with van der Waals surface area (Å²) in [6, 6.07) is 6.68. The van der Waals surface area contributed by atoms with Crippen molar-refractivity contribution in [2.45, 2.75) is 32.9 Å². The summed E-state index contributed by atoms with van der Waals surface area (Å²) in [6.45, 7) is 5.35. The number of nitrogens with zero attached hydrogens (tertiary/aromatic N) is 4. The van der Waals surface area contributed by atoms with E-state index in [1.807, 2.05) is 0 Å². The fraction of sp³-hybridized carbons (Fsp3) is 0.316. The van der Waals surface area contributed by atoms with Crippen LogP contribution in [0, 0.1) is 0 Å². The van der Waals surface area contributed by atoms with Crippen LogP contribution in [0.3, 0.4) is 0 Å². The van der Waals surface area contributed by atoms with Crippen LogP contribution in [-0.2, 0) is 16.1 Å². The Morgan fingerprint density at radius 1 is 1.11 bits per heavy atom. The van der Waals surface area contributed by atoms with Gasteiger partial charge in [-0.1, -0.05) is 0 Å². The summed E-state index contributed by atoms with van der Waals surface area (Å²) in [5.41, 5.74) is 0.666. The standard InChI is InChI=1S/C19H21N5O4/c1-19(2,3)28-14(25)9-24-11-22-15-16(20-10-21-17(15)24)23-18(26)12-5-7-13(27-4)8-6-12/h5-8,10-11H,9H2,1-4H3,(H,20,21,23,26). The highest BCUT2D eigenvalue weighted by Crippen LogP contribution is 2.19. The molecule has 0 atom stereocenters. The summed E-state index contributed by atoms with van der Waals surface area (Å²) in [5, 5.41) is 2.72. The lowest BCUT2D eigenvalue weighted by Crippen LogP contribution is -2.26. The van der Waals surface area contributed by atoms with E-state index in [9.17, 15) is 9.59 Å². The number of rotatable bonds is 5. The van der Waals surface area contributed by atoms with Crippen molar-refractivity contribution in [3.8, 4) is 5.75 Å². The molecule has 0 radical (unpaired) electrons. The van der Waals surface area contributed by atoms with Crippen LogP contribution in [0.4, 0.5) is 5.82 Å². The average molecular weight is 383 g/mol. The fourth-order valence-electron chi connectivity index (χ4n) is 2.52. The SMILES string of the molecule is COc1ccc(C(=O)Nc2ncnc3c2ncn3CC(=O)OC(C)(C)C)cc1. The molecule has 3 rings (SSSR count). The second-order valence-electron chi connectivity index (χ2n) is 7.04. The normalized spacial score (nSPS) is 11.3. The molecule has 2 heterocycles. The average Bonchev–Trinajstić information content (AvgIpc) is 3.04. The predicted octanol–water partition coefficient (Wildman–Crippen LogP) is 2.43. The van der Waals surface area contributed by atoms with Crippen molar-refractivity contribution in [2.75, 3.05) is 12.4 Å². The van der Waals surface area contributed by atoms with Gasteiger partial charge in [-0.15, -0.1) is 0 Å². The monoisotopic (exact) mass is 383 g/mol. The first kappa shape index (κ1) is 19.3. The highest BCUT2D eigenvalue weighted by Gasteiger charge is 2.19. The van der Waals surface area contributed by atoms with Crippen LogP contribution in [0.5, 0.6) is 5.75 Å². The van der Waals surface area contributed by atoms with Crippen molar-refractivity contribution in [1.82, 2.24) is 19.5 Å². The van der Waals surface area contributed by atoms with Crippen LogP contribution >= 0.6 is 0 Å². The van der Waals surface area contributed by atoms with Crippen LogP contribution in [0.15, 0.2) is 36.9 Å². The van der Waals surface area contributed by atoms with Gasteiger partial charge >= 0.3 is 5.97 Å². The van der Waals surface area contributed by atoms with E-state index in [1.54, 1.807) is 56.7 Å². The van der Waals surface area contributed by atoms with Gasteiger partial charge in [0, 0.05) is 5.56 Å². The molecule has 1 amide bonds. The Morgan fingerprint density at radius 3 is 2.46 bits per heavy atom. The quantitative estimate of drug-likeness (QED) is 0.674. The zero-order chi connectivity index (χ0) is 20.3. The third-order valence-corrected chi connectivity index (χ3v) is 3.70. The molecule has 0 saturated heterocycles. The minimum Gasteiger partial charge on any atom is -0.497 e. The van der Waals surface area contributed by atoms with Crippen LogP contribution in [0.25, 0.3) is 11.2 Å². The fourth-order valence-corrected chi connectivity index (χ4v) is 2.52. The number of ether oxygens (including phenoxy) is 2. The molecule has 0 unspecified atom stereocenters. The van der Waals surface area contributed by atoms with Crippen molar-refractivity contribution < 1.29 is 19.1 Å². The molecule has 0 bridgehead atoms. The topological polar surface area (TPSA) is 108 Å². The molecule has 1 aromatic carbocycles. The summed E-state index contributed by atoms with van der Waals surface area (Å²) in [7, 11) is 1.56. The first-order valence-electron chi connectivity index (χ1n) is 8.60. The van der Waals surface area contributed by atoms with Crippen LogP contribution in [0.1, 0.15) is 31.1 Å². The largest absolute Gasteiger partial charge is 0.497 e. The Morgan fingerprint density at radius 2 is 1.82 bits per heavy atom. The predicted molar refractivity (Wildman–Crippen MR) is 102 cm³/mol. The molecule has 2 aromatic heterocycles. The highest BCUT2D eigenvalue weighted by atomic mass is 16.6. The van der Waals surface area contributed by atoms with Crippen LogP contribution in [-0.4, -0.2) is 44.1 Å². The Bertz CT molecular complexity index is 1010. The van der Waals surface area contributed by atoms with Gasteiger partial charge in [0.15, 0.2) is 17.0 Å². The second-order valence-corrected chi connectivity index (χ2v) is 7.04. The maximum atomic E-state index is 12.5. The van der Waals surface area contributed by atoms with Crippen molar-refractivity contribution in [3.63, 3.8) is 0 Å². The van der Waals surface area contributed by atoms with Gasteiger partial charge < -0.3 is 19.4 Å². The number of fused-ring (bicyclic) bond motifs is 1. The Balaban J connectivity index is 1.80. The lowest BCUT2D eigenvalue weighted by atomic mass is 10.2. The van der Waals surface area contributed by atoms with Gasteiger partial charge in [-0.25, -0.2) is 15.0 Å². The molecule has 9 heteroatoms. The van der Waals surface area contributed by atoms with E-state index in [1.165, 1.54) is 12.7 Å². The van der Waals surface area contributed by atoms with Crippen LogP contribution in [0.2, 0.25) is 0 Å². The van der Waals surface area contributed by atoms with Gasteiger partial charge in [-0.05, 0) is 45.0 Å². The first-order valence-corrected chi connectivity index (χ1v) is 8.60. The molecule has 0 aliphatic rings. The van der Waals surface area contributed by atoms with Gasteiger partial charge in [0.1, 0.15) is 24.2 Å². The number of carbonyl (C=O) groups is 2. The van der Waals surface area contributed by atoms with Crippen LogP contribution < -0.4 is 10.1 Å². The molecule has 0 saturated carbocycles. The van der Waals surface area contributed by atoms with Gasteiger partial charge in [0.2, 0.25) is 0 Å². The second kappa shape index (κ2) is 7.63. The number of nitrogens with one attached hydrogen (secondary N) is 1. The van der Waals surface area contributed by atoms with Crippen molar-refractivity contribution in [3.05, 3.63) is 42.5 Å². The third kappa shape index (κ3) is 4.43. The molecule has 1 N–H and O–H groups in total. The number of imidazole rings is 1. The van der Waals surface area contributed by atoms with Gasteiger partial charge in [0.05, 0.1) is 13.4 Å². The first-order chi connectivity index (χ1) is 13.3. The number of carbonyl (C=O) groups excluding carboxylic acids is 2. The molecular weight excluding hydrogens is 362 g/mol. The summed E-state index contributed by atoms with van der Waals surface area (Å²) < 4.78 is 12.0. The number of anilines is 1. The van der Waals surface area contributed by atoms with Crippen molar-refractivity contribution in [2.24, 2.45) is 0 Å². The zero-order valence-corrected chi connectivity index (χ0v) is 16.1. The van der Waals surface area contributed by atoms with Gasteiger partial charge in [0.25, 0.3) is 5.91 Å². The van der Waals surface area contributed by atoms with E-state index in [-0.39, 0.29) is 18.3 Å². The van der Waals surface area contributed by atoms with E-state index in [0.29, 0.717) is 22.5 Å². The smallest absolute Gasteiger partial charge is 0.326 e. The van der Waals surface area contributed by atoms with E-state index in [0.717, 1.165) is 0 Å². The molecule has 28 heavy (non-hydrogen) atoms. The number of methoxy groups -OCH3 is 1. The molecule has 0 spiro atoms. The summed E-state index contributed by atoms with van der Waals surface area (Å²) in [6.07, 6.45) is 2.77. The number of esters is 1. The van der Waals surface area contributed by atoms with Gasteiger partial charge in [-0.3, -0.25) is 9.59 Å². The Kier molecular flexibility index (Phi) is 5.25. The van der Waals surface area contributed by atoms with E-state index >= 15 is 0 Å². The summed E-state index contributed by atoms with van der Waals surface area (Å²) in [4.78, 5) is 37.1. The minimum atomic E-state index is -0.583. The number of aromatic nitrogens is 4. The number of hydrogen-bond donors (Lipinski definition) is 1. The molecule has 3 aromatic rings. The number of hydrogen-bond acceptors (Lipinski definition) is 7. The van der Waals surface area contributed by atoms with E-state index in [2.05, 4.69) is 20.3 Å². The Hall–Kier alpha value is -3.49. The van der Waals surface area contributed by atoms with Crippen molar-refractivity contribution in [1.29, 1.82) is 0 Å². The molecule has 0 aliphatic carbocycles. The lowest BCUT2D eigenvalue weighted by Gasteiger charge is -2.19. The van der Waals surface area contributed by atoms with E-state index in [4.69, 9.17) is 9.47 Å². The maximum Gasteiger partial charge on any atom is 0.326 e. The van der Waals surface area contributed by atoms with Crippen molar-refractivity contribution >= 4 is 28.9 Å². The zero-order valence-electron chi connectivity index (χ0n) is 16.1. The Labute approximate surface area is 161 Å². The molecular formula is C19H21N5O4. The molecule has 9 nitrogen and oxygen atoms in total. The number of benzene rings is 1. The number of amides is 1. The minimum absolute atomic E-state index is 0.0450. The summed E-state index contributed by atoms with van der Waals surface area (Å²) in [5.74, 6) is 0.161. The third-order valence-electron chi connectivity index (χ3n) is 3.70. The van der Waals surface area contributed by atoms with E-state index < -0.39 is 11.6 Å².